The first-order chi connectivity index (χ1) is 14.8. The molecule has 6 heteroatoms. The van der Waals surface area contributed by atoms with E-state index in [1.807, 2.05) is 0 Å². The first-order valence-electron chi connectivity index (χ1n) is 10.5. The summed E-state index contributed by atoms with van der Waals surface area (Å²) in [6.07, 6.45) is 15.2. The fourth-order valence-corrected chi connectivity index (χ4v) is 3.66. The third-order valence-corrected chi connectivity index (χ3v) is 5.49. The number of aliphatic carboxylic acids is 1. The molecule has 170 valence electrons. The van der Waals surface area contributed by atoms with Crippen molar-refractivity contribution in [3.05, 3.63) is 65.2 Å². The zero-order valence-electron chi connectivity index (χ0n) is 19.0. The van der Waals surface area contributed by atoms with Gasteiger partial charge in [-0.15, -0.1) is 0 Å². The van der Waals surface area contributed by atoms with E-state index in [0.29, 0.717) is 11.5 Å². The SMILES string of the molecule is CC(C)=CCCC(C)=CCCC(C)=CCSCC(NC(=O)C=Cc1ccco1)C(=O)O. The topological polar surface area (TPSA) is 79.5 Å². The predicted octanol–water partition coefficient (Wildman–Crippen LogP) is 6.01. The fraction of sp³-hybridized carbons (Fsp3) is 0.440. The summed E-state index contributed by atoms with van der Waals surface area (Å²) < 4.78 is 5.11. The number of amides is 1. The second kappa shape index (κ2) is 15.3. The number of hydrogen-bond acceptors (Lipinski definition) is 4. The molecule has 1 heterocycles. The molecule has 2 N–H and O–H groups in total. The van der Waals surface area contributed by atoms with Gasteiger partial charge in [0.1, 0.15) is 11.8 Å². The van der Waals surface area contributed by atoms with E-state index in [2.05, 4.69) is 51.2 Å². The lowest BCUT2D eigenvalue weighted by molar-refractivity contribution is -0.140. The minimum absolute atomic E-state index is 0.308. The third kappa shape index (κ3) is 13.4. The number of carbonyl (C=O) groups is 2. The summed E-state index contributed by atoms with van der Waals surface area (Å²) in [7, 11) is 0. The van der Waals surface area contributed by atoms with Crippen molar-refractivity contribution in [2.75, 3.05) is 11.5 Å². The Kier molecular flexibility index (Phi) is 13.2. The summed E-state index contributed by atoms with van der Waals surface area (Å²) in [5.41, 5.74) is 4.07. The van der Waals surface area contributed by atoms with Crippen LogP contribution in [0, 0.1) is 0 Å². The molecule has 5 nitrogen and oxygen atoms in total. The highest BCUT2D eigenvalue weighted by molar-refractivity contribution is 7.99. The van der Waals surface area contributed by atoms with Gasteiger partial charge in [0, 0.05) is 17.6 Å². The Bertz CT molecular complexity index is 799. The van der Waals surface area contributed by atoms with Crippen molar-refractivity contribution in [1.82, 2.24) is 5.32 Å². The monoisotopic (exact) mass is 445 g/mol. The van der Waals surface area contributed by atoms with Crippen molar-refractivity contribution < 1.29 is 19.1 Å². The van der Waals surface area contributed by atoms with Gasteiger partial charge in [0.15, 0.2) is 0 Å². The summed E-state index contributed by atoms with van der Waals surface area (Å²) >= 11 is 1.49. The minimum Gasteiger partial charge on any atom is -0.480 e. The lowest BCUT2D eigenvalue weighted by Crippen LogP contribution is -2.41. The molecular weight excluding hydrogens is 410 g/mol. The molecule has 1 rings (SSSR count). The summed E-state index contributed by atoms with van der Waals surface area (Å²) in [5, 5.41) is 11.9. The van der Waals surface area contributed by atoms with Gasteiger partial charge < -0.3 is 14.8 Å². The van der Waals surface area contributed by atoms with Gasteiger partial charge in [-0.2, -0.15) is 11.8 Å². The maximum absolute atomic E-state index is 11.9. The maximum Gasteiger partial charge on any atom is 0.327 e. The molecule has 0 aromatic carbocycles. The molecule has 0 aliphatic rings. The van der Waals surface area contributed by atoms with Gasteiger partial charge in [-0.3, -0.25) is 4.79 Å². The Morgan fingerprint density at radius 2 is 1.77 bits per heavy atom. The number of carboxylic acids is 1. The normalized spacial score (nSPS) is 13.3. The van der Waals surface area contributed by atoms with Gasteiger partial charge in [0.25, 0.3) is 0 Å². The van der Waals surface area contributed by atoms with Crippen molar-refractivity contribution in [1.29, 1.82) is 0 Å². The molecule has 0 spiro atoms. The zero-order chi connectivity index (χ0) is 23.1. The van der Waals surface area contributed by atoms with Gasteiger partial charge in [-0.1, -0.05) is 34.9 Å². The second-order valence-corrected chi connectivity index (χ2v) is 8.82. The van der Waals surface area contributed by atoms with Crippen LogP contribution in [0.1, 0.15) is 59.1 Å². The van der Waals surface area contributed by atoms with Crippen LogP contribution < -0.4 is 5.32 Å². The number of thioether (sulfide) groups is 1. The second-order valence-electron chi connectivity index (χ2n) is 7.75. The quantitative estimate of drug-likeness (QED) is 0.208. The Balaban J connectivity index is 2.33. The number of furan rings is 1. The van der Waals surface area contributed by atoms with Crippen LogP contribution in [-0.2, 0) is 9.59 Å². The van der Waals surface area contributed by atoms with Crippen LogP contribution in [0.4, 0.5) is 0 Å². The van der Waals surface area contributed by atoms with Crippen molar-refractivity contribution in [2.45, 2.75) is 59.4 Å². The van der Waals surface area contributed by atoms with Crippen LogP contribution in [0.3, 0.4) is 0 Å². The van der Waals surface area contributed by atoms with Crippen LogP contribution >= 0.6 is 11.8 Å². The van der Waals surface area contributed by atoms with E-state index in [1.54, 1.807) is 12.1 Å². The highest BCUT2D eigenvalue weighted by Crippen LogP contribution is 2.13. The summed E-state index contributed by atoms with van der Waals surface area (Å²) in [6, 6.07) is 2.50. The number of carbonyl (C=O) groups excluding carboxylic acids is 1. The van der Waals surface area contributed by atoms with Gasteiger partial charge in [0.05, 0.1) is 6.26 Å². The van der Waals surface area contributed by atoms with E-state index in [4.69, 9.17) is 4.42 Å². The van der Waals surface area contributed by atoms with Gasteiger partial charge in [0.2, 0.25) is 5.91 Å². The molecule has 1 aromatic heterocycles. The average Bonchev–Trinajstić information content (AvgIpc) is 3.22. The third-order valence-electron chi connectivity index (χ3n) is 4.51. The highest BCUT2D eigenvalue weighted by atomic mass is 32.2. The van der Waals surface area contributed by atoms with E-state index < -0.39 is 17.9 Å². The maximum atomic E-state index is 11.9. The minimum atomic E-state index is -1.04. The Labute approximate surface area is 190 Å². The van der Waals surface area contributed by atoms with Crippen LogP contribution in [-0.4, -0.2) is 34.5 Å². The Morgan fingerprint density at radius 3 is 2.39 bits per heavy atom. The molecule has 1 amide bonds. The zero-order valence-corrected chi connectivity index (χ0v) is 19.8. The van der Waals surface area contributed by atoms with Crippen LogP contribution in [0.2, 0.25) is 0 Å². The van der Waals surface area contributed by atoms with E-state index in [-0.39, 0.29) is 0 Å². The molecule has 31 heavy (non-hydrogen) atoms. The molecule has 0 saturated carbocycles. The predicted molar refractivity (Wildman–Crippen MR) is 130 cm³/mol. The Hall–Kier alpha value is -2.47. The molecule has 1 unspecified atom stereocenters. The van der Waals surface area contributed by atoms with Crippen molar-refractivity contribution >= 4 is 29.7 Å². The highest BCUT2D eigenvalue weighted by Gasteiger charge is 2.18. The van der Waals surface area contributed by atoms with Crippen LogP contribution in [0.5, 0.6) is 0 Å². The number of hydrogen-bond donors (Lipinski definition) is 2. The molecule has 1 atom stereocenters. The summed E-state index contributed by atoms with van der Waals surface area (Å²) in [4.78, 5) is 23.4. The molecule has 0 bridgehead atoms. The molecule has 0 aliphatic carbocycles. The van der Waals surface area contributed by atoms with E-state index in [0.717, 1.165) is 31.4 Å². The number of carboxylic acid groups (broad SMARTS) is 1. The van der Waals surface area contributed by atoms with Crippen molar-refractivity contribution in [3.8, 4) is 0 Å². The molecule has 0 fully saturated rings. The molecule has 1 aromatic rings. The Morgan fingerprint density at radius 1 is 1.10 bits per heavy atom. The lowest BCUT2D eigenvalue weighted by Gasteiger charge is -2.12. The number of rotatable bonds is 14. The number of allylic oxidation sites excluding steroid dienone is 5. The van der Waals surface area contributed by atoms with Crippen molar-refractivity contribution in [3.63, 3.8) is 0 Å². The van der Waals surface area contributed by atoms with Gasteiger partial charge in [-0.25, -0.2) is 4.79 Å². The first kappa shape index (κ1) is 26.6. The average molecular weight is 446 g/mol. The van der Waals surface area contributed by atoms with Crippen LogP contribution in [0.15, 0.2) is 63.8 Å². The fourth-order valence-electron chi connectivity index (χ4n) is 2.66. The smallest absolute Gasteiger partial charge is 0.327 e. The standard InChI is InChI=1S/C25H35NO4S/c1-19(2)8-5-9-20(3)10-6-11-21(4)15-17-31-18-23(25(28)29)26-24(27)14-13-22-12-7-16-30-22/h7-8,10,12-16,23H,5-6,9,11,17-18H2,1-4H3,(H,26,27)(H,28,29). The van der Waals surface area contributed by atoms with E-state index in [9.17, 15) is 14.7 Å². The summed E-state index contributed by atoms with van der Waals surface area (Å²) in [6.45, 7) is 8.52. The van der Waals surface area contributed by atoms with Crippen LogP contribution in [0.25, 0.3) is 6.08 Å². The molecule has 0 aliphatic heterocycles. The van der Waals surface area contributed by atoms with E-state index >= 15 is 0 Å². The molecule has 0 saturated heterocycles. The van der Waals surface area contributed by atoms with Gasteiger partial charge in [-0.05, 0) is 71.6 Å². The van der Waals surface area contributed by atoms with E-state index in [1.165, 1.54) is 46.9 Å². The number of nitrogens with one attached hydrogen (secondary N) is 1. The molecule has 0 radical (unpaired) electrons. The first-order valence-corrected chi connectivity index (χ1v) is 11.7. The summed E-state index contributed by atoms with van der Waals surface area (Å²) in [5.74, 6) is 0.0688. The van der Waals surface area contributed by atoms with Gasteiger partial charge >= 0.3 is 5.97 Å². The van der Waals surface area contributed by atoms with Crippen molar-refractivity contribution in [2.24, 2.45) is 0 Å². The lowest BCUT2D eigenvalue weighted by atomic mass is 10.1. The largest absolute Gasteiger partial charge is 0.480 e. The molecular formula is C25H35NO4S.